The molecule has 1 N–H and O–H groups in total. The van der Waals surface area contributed by atoms with Crippen LogP contribution in [0.15, 0.2) is 12.3 Å². The number of carbonyl (C=O) groups excluding carboxylic acids is 1. The van der Waals surface area contributed by atoms with Gasteiger partial charge in [0.25, 0.3) is 0 Å². The Morgan fingerprint density at radius 2 is 2.20 bits per heavy atom. The van der Waals surface area contributed by atoms with Gasteiger partial charge in [-0.3, -0.25) is 4.68 Å². The number of carbonyl (C=O) groups is 1. The van der Waals surface area contributed by atoms with Crippen molar-refractivity contribution < 1.29 is 9.53 Å². The van der Waals surface area contributed by atoms with E-state index in [9.17, 15) is 4.79 Å². The van der Waals surface area contributed by atoms with E-state index in [-0.39, 0.29) is 0 Å². The number of rotatable bonds is 5. The molecule has 0 saturated carbocycles. The molecule has 0 spiro atoms. The predicted octanol–water partition coefficient (Wildman–Crippen LogP) is 3.14. The molecule has 0 radical (unpaired) electrons. The number of nitrogens with one attached hydrogen (secondary N) is 1. The van der Waals surface area contributed by atoms with Crippen LogP contribution in [0.2, 0.25) is 0 Å². The fourth-order valence-corrected chi connectivity index (χ4v) is 1.70. The van der Waals surface area contributed by atoms with Crippen molar-refractivity contribution >= 4 is 12.2 Å². The molecule has 5 nitrogen and oxygen atoms in total. The number of amides is 1. The second-order valence-electron chi connectivity index (χ2n) is 5.69. The van der Waals surface area contributed by atoms with Crippen LogP contribution in [0, 0.1) is 6.92 Å². The summed E-state index contributed by atoms with van der Waals surface area (Å²) in [6.07, 6.45) is 6.36. The summed E-state index contributed by atoms with van der Waals surface area (Å²) in [6, 6.07) is 0. The van der Waals surface area contributed by atoms with Crippen molar-refractivity contribution in [2.24, 2.45) is 0 Å². The van der Waals surface area contributed by atoms with Gasteiger partial charge in [0.05, 0.1) is 6.20 Å². The molecular formula is C15H25N3O2. The van der Waals surface area contributed by atoms with Crippen molar-refractivity contribution in [2.45, 2.75) is 53.2 Å². The summed E-state index contributed by atoms with van der Waals surface area (Å²) in [6.45, 7) is 11.1. The summed E-state index contributed by atoms with van der Waals surface area (Å²) >= 11 is 0. The molecule has 1 aromatic rings. The highest BCUT2D eigenvalue weighted by Crippen LogP contribution is 2.09. The van der Waals surface area contributed by atoms with Gasteiger partial charge in [-0.1, -0.05) is 19.1 Å². The third kappa shape index (κ3) is 5.47. The second kappa shape index (κ2) is 7.12. The largest absolute Gasteiger partial charge is 0.444 e. The lowest BCUT2D eigenvalue weighted by Crippen LogP contribution is -2.32. The Kier molecular flexibility index (Phi) is 5.80. The van der Waals surface area contributed by atoms with Crippen molar-refractivity contribution in [3.8, 4) is 0 Å². The van der Waals surface area contributed by atoms with Crippen LogP contribution in [0.4, 0.5) is 4.79 Å². The zero-order chi connectivity index (χ0) is 15.2. The van der Waals surface area contributed by atoms with Gasteiger partial charge in [0.1, 0.15) is 5.60 Å². The summed E-state index contributed by atoms with van der Waals surface area (Å²) < 4.78 is 7.14. The molecular weight excluding hydrogens is 254 g/mol. The molecule has 0 atom stereocenters. The smallest absolute Gasteiger partial charge is 0.407 e. The van der Waals surface area contributed by atoms with Crippen molar-refractivity contribution in [3.63, 3.8) is 0 Å². The van der Waals surface area contributed by atoms with Crippen LogP contribution < -0.4 is 5.32 Å². The van der Waals surface area contributed by atoms with Gasteiger partial charge in [-0.05, 0) is 34.1 Å². The third-order valence-electron chi connectivity index (χ3n) is 2.64. The minimum absolute atomic E-state index is 0.402. The molecule has 0 aliphatic rings. The van der Waals surface area contributed by atoms with Crippen molar-refractivity contribution in [1.29, 1.82) is 0 Å². The van der Waals surface area contributed by atoms with Gasteiger partial charge >= 0.3 is 6.09 Å². The molecule has 0 bridgehead atoms. The van der Waals surface area contributed by atoms with Crippen LogP contribution in [0.3, 0.4) is 0 Å². The van der Waals surface area contributed by atoms with Gasteiger partial charge in [-0.15, -0.1) is 0 Å². The zero-order valence-corrected chi connectivity index (χ0v) is 13.1. The summed E-state index contributed by atoms with van der Waals surface area (Å²) in [5, 5.41) is 7.01. The molecule has 0 aromatic carbocycles. The van der Waals surface area contributed by atoms with Gasteiger partial charge in [-0.2, -0.15) is 5.10 Å². The summed E-state index contributed by atoms with van der Waals surface area (Å²) in [5.74, 6) is 0. The highest BCUT2D eigenvalue weighted by Gasteiger charge is 2.14. The third-order valence-corrected chi connectivity index (χ3v) is 2.64. The van der Waals surface area contributed by atoms with Crippen LogP contribution in [0.25, 0.3) is 6.08 Å². The Morgan fingerprint density at radius 1 is 1.50 bits per heavy atom. The molecule has 1 aromatic heterocycles. The van der Waals surface area contributed by atoms with Gasteiger partial charge < -0.3 is 10.1 Å². The standard InChI is InChI=1S/C15H25N3O2/c1-6-10-18-12(2)13(11-17-18)8-7-9-16-14(19)20-15(3,4)5/h7-8,11H,6,9-10H2,1-5H3,(H,16,19). The first-order valence-electron chi connectivity index (χ1n) is 6.99. The minimum atomic E-state index is -0.467. The minimum Gasteiger partial charge on any atom is -0.444 e. The number of aryl methyl sites for hydroxylation is 1. The maximum Gasteiger partial charge on any atom is 0.407 e. The van der Waals surface area contributed by atoms with E-state index in [4.69, 9.17) is 4.74 Å². The number of alkyl carbamates (subject to hydrolysis) is 1. The van der Waals surface area contributed by atoms with Crippen LogP contribution in [0.5, 0.6) is 0 Å². The molecule has 5 heteroatoms. The lowest BCUT2D eigenvalue weighted by Gasteiger charge is -2.19. The van der Waals surface area contributed by atoms with Crippen LogP contribution in [-0.2, 0) is 11.3 Å². The summed E-state index contributed by atoms with van der Waals surface area (Å²) in [7, 11) is 0. The fraction of sp³-hybridized carbons (Fsp3) is 0.600. The van der Waals surface area contributed by atoms with E-state index >= 15 is 0 Å². The van der Waals surface area contributed by atoms with Gasteiger partial charge in [0, 0.05) is 24.3 Å². The van der Waals surface area contributed by atoms with E-state index in [2.05, 4.69) is 17.3 Å². The van der Waals surface area contributed by atoms with E-state index in [0.717, 1.165) is 24.2 Å². The Morgan fingerprint density at radius 3 is 2.80 bits per heavy atom. The Balaban J connectivity index is 2.44. The van der Waals surface area contributed by atoms with Crippen molar-refractivity contribution in [2.75, 3.05) is 6.54 Å². The van der Waals surface area contributed by atoms with Crippen molar-refractivity contribution in [3.05, 3.63) is 23.5 Å². The van der Waals surface area contributed by atoms with E-state index in [1.54, 1.807) is 0 Å². The van der Waals surface area contributed by atoms with Crippen molar-refractivity contribution in [1.82, 2.24) is 15.1 Å². The molecule has 0 aliphatic heterocycles. The quantitative estimate of drug-likeness (QED) is 0.901. The molecule has 20 heavy (non-hydrogen) atoms. The SMILES string of the molecule is CCCn1ncc(C=CCNC(=O)OC(C)(C)C)c1C. The van der Waals surface area contributed by atoms with Gasteiger partial charge in [0.2, 0.25) is 0 Å². The van der Waals surface area contributed by atoms with E-state index in [1.807, 2.05) is 50.7 Å². The van der Waals surface area contributed by atoms with E-state index in [0.29, 0.717) is 6.54 Å². The Bertz CT molecular complexity index is 470. The molecule has 0 saturated heterocycles. The lowest BCUT2D eigenvalue weighted by molar-refractivity contribution is 0.0534. The topological polar surface area (TPSA) is 56.2 Å². The van der Waals surface area contributed by atoms with Gasteiger partial charge in [0.15, 0.2) is 0 Å². The second-order valence-corrected chi connectivity index (χ2v) is 5.69. The summed E-state index contributed by atoms with van der Waals surface area (Å²) in [5.41, 5.74) is 1.75. The summed E-state index contributed by atoms with van der Waals surface area (Å²) in [4.78, 5) is 11.4. The van der Waals surface area contributed by atoms with Crippen LogP contribution >= 0.6 is 0 Å². The molecule has 112 valence electrons. The molecule has 1 heterocycles. The maximum absolute atomic E-state index is 11.4. The highest BCUT2D eigenvalue weighted by molar-refractivity contribution is 5.68. The monoisotopic (exact) mass is 279 g/mol. The molecule has 0 unspecified atom stereocenters. The number of hydrogen-bond acceptors (Lipinski definition) is 3. The lowest BCUT2D eigenvalue weighted by atomic mass is 10.2. The molecule has 0 fully saturated rings. The van der Waals surface area contributed by atoms with E-state index in [1.165, 1.54) is 0 Å². The van der Waals surface area contributed by atoms with Gasteiger partial charge in [-0.25, -0.2) is 4.79 Å². The van der Waals surface area contributed by atoms with E-state index < -0.39 is 11.7 Å². The first-order chi connectivity index (χ1) is 9.33. The number of aromatic nitrogens is 2. The first kappa shape index (κ1) is 16.3. The number of ether oxygens (including phenoxy) is 1. The average molecular weight is 279 g/mol. The average Bonchev–Trinajstić information content (AvgIpc) is 2.65. The van der Waals surface area contributed by atoms with Crippen LogP contribution in [-0.4, -0.2) is 28.0 Å². The Labute approximate surface area is 121 Å². The molecule has 1 rings (SSSR count). The predicted molar refractivity (Wildman–Crippen MR) is 80.5 cm³/mol. The number of hydrogen-bond donors (Lipinski definition) is 1. The number of nitrogens with zero attached hydrogens (tertiary/aromatic N) is 2. The fourth-order valence-electron chi connectivity index (χ4n) is 1.70. The highest BCUT2D eigenvalue weighted by atomic mass is 16.6. The molecule has 0 aliphatic carbocycles. The first-order valence-corrected chi connectivity index (χ1v) is 6.99. The normalized spacial score (nSPS) is 11.8. The van der Waals surface area contributed by atoms with Crippen LogP contribution in [0.1, 0.15) is 45.4 Å². The molecule has 1 amide bonds. The zero-order valence-electron chi connectivity index (χ0n) is 13.1. The Hall–Kier alpha value is -1.78. The maximum atomic E-state index is 11.4.